The molecule has 0 spiro atoms. The molecule has 2 aromatic heterocycles. The minimum absolute atomic E-state index is 0.0602. The van der Waals surface area contributed by atoms with Crippen LogP contribution >= 0.6 is 0 Å². The second-order valence-electron chi connectivity index (χ2n) is 6.73. The third-order valence-electron chi connectivity index (χ3n) is 4.51. The Labute approximate surface area is 180 Å². The molecule has 0 aliphatic heterocycles. The number of ether oxygens (including phenoxy) is 1. The minimum atomic E-state index is -0.395. The fourth-order valence-electron chi connectivity index (χ4n) is 2.99. The number of nitrogen functional groups attached to an aromatic ring is 1. The summed E-state index contributed by atoms with van der Waals surface area (Å²) >= 11 is 0. The van der Waals surface area contributed by atoms with E-state index < -0.39 is 5.91 Å². The van der Waals surface area contributed by atoms with Crippen molar-refractivity contribution in [3.05, 3.63) is 96.3 Å². The van der Waals surface area contributed by atoms with Gasteiger partial charge in [-0.3, -0.25) is 9.78 Å². The second kappa shape index (κ2) is 9.49. The summed E-state index contributed by atoms with van der Waals surface area (Å²) < 4.78 is 5.89. The lowest BCUT2D eigenvalue weighted by Crippen LogP contribution is -2.27. The number of nitrogens with one attached hydrogen (secondary N) is 1. The summed E-state index contributed by atoms with van der Waals surface area (Å²) in [5.41, 5.74) is 7.88. The molecule has 0 aliphatic carbocycles. The van der Waals surface area contributed by atoms with Crippen LogP contribution in [-0.2, 0) is 6.42 Å². The van der Waals surface area contributed by atoms with Crippen LogP contribution in [0, 0.1) is 0 Å². The van der Waals surface area contributed by atoms with Gasteiger partial charge >= 0.3 is 0 Å². The van der Waals surface area contributed by atoms with Crippen LogP contribution in [0.2, 0.25) is 0 Å². The Hall–Kier alpha value is -4.26. The maximum atomic E-state index is 13.0. The van der Waals surface area contributed by atoms with Crippen molar-refractivity contribution in [1.82, 2.24) is 20.3 Å². The fraction of sp³-hybridized carbons (Fsp3) is 0.0833. The highest BCUT2D eigenvalue weighted by Crippen LogP contribution is 2.31. The molecule has 3 N–H and O–H groups in total. The number of benzene rings is 2. The molecule has 0 saturated heterocycles. The van der Waals surface area contributed by atoms with Gasteiger partial charge in [0.25, 0.3) is 5.91 Å². The highest BCUT2D eigenvalue weighted by atomic mass is 16.5. The number of hydrogen-bond acceptors (Lipinski definition) is 6. The Bertz CT molecular complexity index is 1150. The molecule has 4 rings (SSSR count). The monoisotopic (exact) mass is 411 g/mol. The van der Waals surface area contributed by atoms with Gasteiger partial charge < -0.3 is 15.8 Å². The van der Waals surface area contributed by atoms with Gasteiger partial charge in [0.15, 0.2) is 17.3 Å². The van der Waals surface area contributed by atoms with Gasteiger partial charge in [0.1, 0.15) is 11.4 Å². The largest absolute Gasteiger partial charge is 0.451 e. The van der Waals surface area contributed by atoms with E-state index in [1.807, 2.05) is 54.6 Å². The third-order valence-corrected chi connectivity index (χ3v) is 4.51. The van der Waals surface area contributed by atoms with Crippen molar-refractivity contribution in [2.75, 3.05) is 12.3 Å². The summed E-state index contributed by atoms with van der Waals surface area (Å²) in [5.74, 6) is 0.567. The number of aromatic nitrogens is 3. The molecular weight excluding hydrogens is 390 g/mol. The van der Waals surface area contributed by atoms with E-state index in [4.69, 9.17) is 10.5 Å². The van der Waals surface area contributed by atoms with E-state index in [1.165, 1.54) is 0 Å². The van der Waals surface area contributed by atoms with Crippen LogP contribution in [0.25, 0.3) is 11.5 Å². The Kier molecular flexibility index (Phi) is 6.13. The first-order valence-electron chi connectivity index (χ1n) is 9.84. The summed E-state index contributed by atoms with van der Waals surface area (Å²) in [6, 6.07) is 24.3. The van der Waals surface area contributed by atoms with Gasteiger partial charge in [-0.05, 0) is 36.2 Å². The minimum Gasteiger partial charge on any atom is -0.451 e. The summed E-state index contributed by atoms with van der Waals surface area (Å²) in [6.45, 7) is 0.441. The molecule has 1 amide bonds. The van der Waals surface area contributed by atoms with Gasteiger partial charge in [-0.1, -0.05) is 54.6 Å². The van der Waals surface area contributed by atoms with E-state index in [-0.39, 0.29) is 23.1 Å². The van der Waals surface area contributed by atoms with Gasteiger partial charge in [0, 0.05) is 12.7 Å². The van der Waals surface area contributed by atoms with E-state index in [2.05, 4.69) is 20.3 Å². The molecule has 2 aromatic carbocycles. The molecule has 0 bridgehead atoms. The zero-order valence-electron chi connectivity index (χ0n) is 16.7. The molecule has 31 heavy (non-hydrogen) atoms. The fourth-order valence-corrected chi connectivity index (χ4v) is 2.99. The maximum Gasteiger partial charge on any atom is 0.274 e. The number of nitrogens with two attached hydrogens (primary N) is 1. The summed E-state index contributed by atoms with van der Waals surface area (Å²) in [6.07, 6.45) is 2.32. The van der Waals surface area contributed by atoms with Crippen molar-refractivity contribution >= 4 is 11.7 Å². The van der Waals surface area contributed by atoms with Crippen LogP contribution in [0.3, 0.4) is 0 Å². The SMILES string of the molecule is Nc1nc(-c2ccccn2)nc(C(=O)NCCc2ccccc2)c1Oc1ccccc1. The molecule has 0 atom stereocenters. The first-order valence-corrected chi connectivity index (χ1v) is 9.84. The van der Waals surface area contributed by atoms with E-state index in [0.29, 0.717) is 24.4 Å². The Morgan fingerprint density at radius 1 is 0.903 bits per heavy atom. The number of nitrogens with zero attached hydrogens (tertiary/aromatic N) is 3. The molecular formula is C24H21N5O2. The van der Waals surface area contributed by atoms with Crippen molar-refractivity contribution in [3.63, 3.8) is 0 Å². The Morgan fingerprint density at radius 2 is 1.61 bits per heavy atom. The number of carbonyl (C=O) groups excluding carboxylic acids is 1. The average Bonchev–Trinajstić information content (AvgIpc) is 2.82. The standard InChI is InChI=1S/C24H21N5O2/c25-22-21(31-18-11-5-2-6-12-18)20(28-23(29-22)19-13-7-8-15-26-19)24(30)27-16-14-17-9-3-1-4-10-17/h1-13,15H,14,16H2,(H,27,30)(H2,25,28,29). The van der Waals surface area contributed by atoms with Crippen LogP contribution in [0.15, 0.2) is 85.1 Å². The quantitative estimate of drug-likeness (QED) is 0.478. The predicted molar refractivity (Wildman–Crippen MR) is 119 cm³/mol. The van der Waals surface area contributed by atoms with Gasteiger partial charge in [0.05, 0.1) is 0 Å². The molecule has 2 heterocycles. The number of hydrogen-bond donors (Lipinski definition) is 2. The molecule has 7 nitrogen and oxygen atoms in total. The molecule has 0 saturated carbocycles. The van der Waals surface area contributed by atoms with E-state index in [1.54, 1.807) is 30.5 Å². The number of amides is 1. The van der Waals surface area contributed by atoms with E-state index >= 15 is 0 Å². The maximum absolute atomic E-state index is 13.0. The first-order chi connectivity index (χ1) is 15.2. The van der Waals surface area contributed by atoms with Crippen LogP contribution in [0.4, 0.5) is 5.82 Å². The molecule has 0 aliphatic rings. The molecule has 4 aromatic rings. The van der Waals surface area contributed by atoms with Crippen LogP contribution < -0.4 is 15.8 Å². The highest BCUT2D eigenvalue weighted by Gasteiger charge is 2.22. The smallest absolute Gasteiger partial charge is 0.274 e. The molecule has 7 heteroatoms. The molecule has 0 unspecified atom stereocenters. The lowest BCUT2D eigenvalue weighted by atomic mass is 10.1. The lowest BCUT2D eigenvalue weighted by molar-refractivity contribution is 0.0946. The number of pyridine rings is 1. The lowest BCUT2D eigenvalue weighted by Gasteiger charge is -2.14. The van der Waals surface area contributed by atoms with Crippen molar-refractivity contribution in [1.29, 1.82) is 0 Å². The van der Waals surface area contributed by atoms with E-state index in [9.17, 15) is 4.79 Å². The van der Waals surface area contributed by atoms with E-state index in [0.717, 1.165) is 5.56 Å². The molecule has 0 fully saturated rings. The third kappa shape index (κ3) is 5.02. The average molecular weight is 411 g/mol. The predicted octanol–water partition coefficient (Wildman–Crippen LogP) is 3.89. The zero-order valence-corrected chi connectivity index (χ0v) is 16.7. The number of carbonyl (C=O) groups is 1. The first kappa shape index (κ1) is 20.0. The van der Waals surface area contributed by atoms with Crippen LogP contribution in [0.1, 0.15) is 16.1 Å². The normalized spacial score (nSPS) is 10.5. The number of rotatable bonds is 7. The van der Waals surface area contributed by atoms with Gasteiger partial charge in [-0.15, -0.1) is 0 Å². The van der Waals surface area contributed by atoms with Crippen molar-refractivity contribution in [3.8, 4) is 23.0 Å². The Balaban J connectivity index is 1.63. The van der Waals surface area contributed by atoms with Gasteiger partial charge in [-0.2, -0.15) is 0 Å². The summed E-state index contributed by atoms with van der Waals surface area (Å²) in [4.78, 5) is 26.0. The van der Waals surface area contributed by atoms with Gasteiger partial charge in [-0.25, -0.2) is 9.97 Å². The van der Waals surface area contributed by atoms with Crippen LogP contribution in [0.5, 0.6) is 11.5 Å². The zero-order chi connectivity index (χ0) is 21.5. The number of para-hydroxylation sites is 1. The highest BCUT2D eigenvalue weighted by molar-refractivity contribution is 5.97. The molecule has 0 radical (unpaired) electrons. The summed E-state index contributed by atoms with van der Waals surface area (Å²) in [5, 5.41) is 2.89. The Morgan fingerprint density at radius 3 is 2.32 bits per heavy atom. The van der Waals surface area contributed by atoms with Crippen molar-refractivity contribution in [2.24, 2.45) is 0 Å². The summed E-state index contributed by atoms with van der Waals surface area (Å²) in [7, 11) is 0. The van der Waals surface area contributed by atoms with Crippen molar-refractivity contribution in [2.45, 2.75) is 6.42 Å². The number of anilines is 1. The van der Waals surface area contributed by atoms with Gasteiger partial charge in [0.2, 0.25) is 5.75 Å². The van der Waals surface area contributed by atoms with Crippen LogP contribution in [-0.4, -0.2) is 27.4 Å². The topological polar surface area (TPSA) is 103 Å². The van der Waals surface area contributed by atoms with Crippen molar-refractivity contribution < 1.29 is 9.53 Å². The second-order valence-corrected chi connectivity index (χ2v) is 6.73. The molecule has 154 valence electrons.